The maximum atomic E-state index is 12.7. The fourth-order valence-corrected chi connectivity index (χ4v) is 3.51. The molecule has 6 heteroatoms. The van der Waals surface area contributed by atoms with Crippen molar-refractivity contribution >= 4 is 11.7 Å². The molecule has 1 aliphatic heterocycles. The van der Waals surface area contributed by atoms with E-state index in [0.29, 0.717) is 24.5 Å². The largest absolute Gasteiger partial charge is 0.503 e. The van der Waals surface area contributed by atoms with Crippen LogP contribution in [0.25, 0.3) is 0 Å². The van der Waals surface area contributed by atoms with Gasteiger partial charge in [-0.1, -0.05) is 36.4 Å². The molecule has 1 atom stereocenters. The highest BCUT2D eigenvalue weighted by Crippen LogP contribution is 2.37. The van der Waals surface area contributed by atoms with Crippen LogP contribution in [0, 0.1) is 0 Å². The first-order valence-corrected chi connectivity index (χ1v) is 8.98. The number of aliphatic hydroxyl groups excluding tert-OH is 1. The second kappa shape index (κ2) is 8.17. The van der Waals surface area contributed by atoms with Gasteiger partial charge in [-0.2, -0.15) is 0 Å². The Bertz CT molecular complexity index is 920. The van der Waals surface area contributed by atoms with E-state index in [2.05, 4.69) is 0 Å². The van der Waals surface area contributed by atoms with Gasteiger partial charge in [-0.15, -0.1) is 0 Å². The zero-order valence-corrected chi connectivity index (χ0v) is 16.1. The van der Waals surface area contributed by atoms with E-state index in [1.54, 1.807) is 14.2 Å². The minimum Gasteiger partial charge on any atom is -0.503 e. The molecule has 0 radical (unpaired) electrons. The molecule has 0 saturated carbocycles. The molecule has 0 aliphatic carbocycles. The molecule has 0 aromatic heterocycles. The second-order valence-electron chi connectivity index (χ2n) is 6.57. The Morgan fingerprint density at radius 2 is 1.75 bits per heavy atom. The molecule has 0 fully saturated rings. The number of rotatable bonds is 7. The van der Waals surface area contributed by atoms with Gasteiger partial charge in [-0.25, -0.2) is 0 Å². The quantitative estimate of drug-likeness (QED) is 0.797. The molecular formula is C22H23NO5. The lowest BCUT2D eigenvalue weighted by Crippen LogP contribution is -2.32. The maximum Gasteiger partial charge on any atom is 0.290 e. The maximum absolute atomic E-state index is 12.7. The number of hydrogen-bond donors (Lipinski definition) is 1. The molecule has 0 unspecified atom stereocenters. The fourth-order valence-electron chi connectivity index (χ4n) is 3.51. The first kappa shape index (κ1) is 19.5. The van der Waals surface area contributed by atoms with Crippen LogP contribution < -0.4 is 9.47 Å². The van der Waals surface area contributed by atoms with Crippen molar-refractivity contribution in [3.63, 3.8) is 0 Å². The first-order valence-electron chi connectivity index (χ1n) is 8.98. The highest BCUT2D eigenvalue weighted by Gasteiger charge is 2.41. The van der Waals surface area contributed by atoms with Gasteiger partial charge in [-0.3, -0.25) is 9.59 Å². The molecule has 1 heterocycles. The fraction of sp³-hybridized carbons (Fsp3) is 0.273. The lowest BCUT2D eigenvalue weighted by molar-refractivity contribution is -0.129. The number of ether oxygens (including phenoxy) is 2. The summed E-state index contributed by atoms with van der Waals surface area (Å²) in [5.41, 5.74) is 1.88. The van der Waals surface area contributed by atoms with Crippen LogP contribution in [0.2, 0.25) is 0 Å². The van der Waals surface area contributed by atoms with Gasteiger partial charge in [0, 0.05) is 6.54 Å². The predicted molar refractivity (Wildman–Crippen MR) is 104 cm³/mol. The first-order chi connectivity index (χ1) is 13.5. The SMILES string of the molecule is COc1ccc(CCN2C(=O)C(O)=C(C(C)=O)[C@@H]2c2ccccc2)cc1OC. The van der Waals surface area contributed by atoms with Crippen molar-refractivity contribution in [3.05, 3.63) is 71.0 Å². The van der Waals surface area contributed by atoms with Crippen LogP contribution in [0.5, 0.6) is 11.5 Å². The predicted octanol–water partition coefficient (Wildman–Crippen LogP) is 3.23. The van der Waals surface area contributed by atoms with Crippen molar-refractivity contribution in [2.45, 2.75) is 19.4 Å². The van der Waals surface area contributed by atoms with Crippen LogP contribution in [0.4, 0.5) is 0 Å². The molecular weight excluding hydrogens is 358 g/mol. The van der Waals surface area contributed by atoms with Gasteiger partial charge in [0.25, 0.3) is 5.91 Å². The molecule has 0 spiro atoms. The zero-order valence-electron chi connectivity index (χ0n) is 16.1. The van der Waals surface area contributed by atoms with Gasteiger partial charge < -0.3 is 19.5 Å². The summed E-state index contributed by atoms with van der Waals surface area (Å²) in [6, 6.07) is 14.2. The van der Waals surface area contributed by atoms with E-state index in [1.807, 2.05) is 48.5 Å². The molecule has 146 valence electrons. The molecule has 1 N–H and O–H groups in total. The summed E-state index contributed by atoms with van der Waals surface area (Å²) in [6.07, 6.45) is 0.536. The number of carbonyl (C=O) groups excluding carboxylic acids is 2. The van der Waals surface area contributed by atoms with Crippen molar-refractivity contribution in [1.29, 1.82) is 0 Å². The van der Waals surface area contributed by atoms with E-state index in [9.17, 15) is 14.7 Å². The number of benzene rings is 2. The second-order valence-corrected chi connectivity index (χ2v) is 6.57. The van der Waals surface area contributed by atoms with Gasteiger partial charge in [0.05, 0.1) is 25.8 Å². The minimum absolute atomic E-state index is 0.142. The Balaban J connectivity index is 1.88. The number of hydrogen-bond acceptors (Lipinski definition) is 5. The van der Waals surface area contributed by atoms with Crippen LogP contribution in [0.1, 0.15) is 24.1 Å². The van der Waals surface area contributed by atoms with Gasteiger partial charge in [0.15, 0.2) is 23.0 Å². The number of nitrogens with zero attached hydrogens (tertiary/aromatic N) is 1. The van der Waals surface area contributed by atoms with Crippen LogP contribution in [0.3, 0.4) is 0 Å². The summed E-state index contributed by atoms with van der Waals surface area (Å²) in [6.45, 7) is 1.71. The van der Waals surface area contributed by atoms with Crippen molar-refractivity contribution in [2.75, 3.05) is 20.8 Å². The smallest absolute Gasteiger partial charge is 0.290 e. The molecule has 1 aliphatic rings. The number of Topliss-reactive ketones (excluding diaryl/α,β-unsaturated/α-hetero) is 1. The standard InChI is InChI=1S/C22H23NO5/c1-14(24)19-20(16-7-5-4-6-8-16)23(22(26)21(19)25)12-11-15-9-10-17(27-2)18(13-15)28-3/h4-10,13,20,25H,11-12H2,1-3H3/t20-/m0/s1. The Kier molecular flexibility index (Phi) is 5.68. The molecule has 2 aromatic rings. The normalized spacial score (nSPS) is 16.5. The van der Waals surface area contributed by atoms with Crippen molar-refractivity contribution < 1.29 is 24.2 Å². The van der Waals surface area contributed by atoms with Crippen LogP contribution in [-0.2, 0) is 16.0 Å². The number of carbonyl (C=O) groups is 2. The van der Waals surface area contributed by atoms with Gasteiger partial charge in [0.1, 0.15) is 0 Å². The molecule has 1 amide bonds. The Morgan fingerprint density at radius 1 is 1.07 bits per heavy atom. The van der Waals surface area contributed by atoms with Gasteiger partial charge >= 0.3 is 0 Å². The highest BCUT2D eigenvalue weighted by molar-refractivity contribution is 6.08. The van der Waals surface area contributed by atoms with Crippen molar-refractivity contribution in [3.8, 4) is 11.5 Å². The summed E-state index contributed by atoms with van der Waals surface area (Å²) < 4.78 is 10.6. The van der Waals surface area contributed by atoms with E-state index in [0.717, 1.165) is 11.1 Å². The molecule has 28 heavy (non-hydrogen) atoms. The molecule has 0 saturated heterocycles. The lowest BCUT2D eigenvalue weighted by Gasteiger charge is -2.26. The average Bonchev–Trinajstić information content (AvgIpc) is 2.97. The summed E-state index contributed by atoms with van der Waals surface area (Å²) in [5, 5.41) is 10.3. The Hall–Kier alpha value is -3.28. The molecule has 6 nitrogen and oxygen atoms in total. The molecule has 3 rings (SSSR count). The topological polar surface area (TPSA) is 76.1 Å². The minimum atomic E-state index is -0.591. The summed E-state index contributed by atoms with van der Waals surface area (Å²) in [5.74, 6) is -0.0666. The monoisotopic (exact) mass is 381 g/mol. The Labute approximate surface area is 164 Å². The number of methoxy groups -OCH3 is 2. The Morgan fingerprint density at radius 3 is 2.36 bits per heavy atom. The van der Waals surface area contributed by atoms with Crippen molar-refractivity contribution in [2.24, 2.45) is 0 Å². The summed E-state index contributed by atoms with van der Waals surface area (Å²) in [7, 11) is 3.14. The summed E-state index contributed by atoms with van der Waals surface area (Å²) in [4.78, 5) is 26.3. The van der Waals surface area contributed by atoms with Gasteiger partial charge in [0.2, 0.25) is 0 Å². The average molecular weight is 381 g/mol. The van der Waals surface area contributed by atoms with E-state index in [1.165, 1.54) is 11.8 Å². The number of amides is 1. The van der Waals surface area contributed by atoms with Crippen LogP contribution in [-0.4, -0.2) is 42.5 Å². The molecule has 0 bridgehead atoms. The summed E-state index contributed by atoms with van der Waals surface area (Å²) >= 11 is 0. The number of aliphatic hydroxyl groups is 1. The lowest BCUT2D eigenvalue weighted by atomic mass is 9.96. The third kappa shape index (κ3) is 3.58. The number of ketones is 1. The van der Waals surface area contributed by atoms with Crippen LogP contribution in [0.15, 0.2) is 59.9 Å². The van der Waals surface area contributed by atoms with E-state index >= 15 is 0 Å². The van der Waals surface area contributed by atoms with Crippen molar-refractivity contribution in [1.82, 2.24) is 4.90 Å². The van der Waals surface area contributed by atoms with E-state index in [4.69, 9.17) is 9.47 Å². The highest BCUT2D eigenvalue weighted by atomic mass is 16.5. The van der Waals surface area contributed by atoms with E-state index in [-0.39, 0.29) is 11.4 Å². The van der Waals surface area contributed by atoms with E-state index < -0.39 is 17.7 Å². The van der Waals surface area contributed by atoms with Gasteiger partial charge in [-0.05, 0) is 36.6 Å². The zero-order chi connectivity index (χ0) is 20.3. The molecule has 2 aromatic carbocycles. The third-order valence-electron chi connectivity index (χ3n) is 4.89. The van der Waals surface area contributed by atoms with Crippen LogP contribution >= 0.6 is 0 Å². The third-order valence-corrected chi connectivity index (χ3v) is 4.89.